The van der Waals surface area contributed by atoms with Crippen LogP contribution in [-0.2, 0) is 21.3 Å². The van der Waals surface area contributed by atoms with E-state index < -0.39 is 10.0 Å². The first-order valence-electron chi connectivity index (χ1n) is 9.86. The number of rotatable bonds is 6. The highest BCUT2D eigenvalue weighted by atomic mass is 32.2. The van der Waals surface area contributed by atoms with Crippen molar-refractivity contribution in [2.45, 2.75) is 11.4 Å². The van der Waals surface area contributed by atoms with Gasteiger partial charge >= 0.3 is 0 Å². The quantitative estimate of drug-likeness (QED) is 0.632. The van der Waals surface area contributed by atoms with Crippen molar-refractivity contribution >= 4 is 15.9 Å². The molecular weight excluding hydrogens is 416 g/mol. The molecule has 2 aromatic heterocycles. The van der Waals surface area contributed by atoms with Gasteiger partial charge in [-0.25, -0.2) is 8.42 Å². The molecule has 4 rings (SSSR count). The van der Waals surface area contributed by atoms with Crippen LogP contribution in [0.1, 0.15) is 15.9 Å². The molecule has 0 saturated carbocycles. The fourth-order valence-corrected chi connectivity index (χ4v) is 4.74. The lowest BCUT2D eigenvalue weighted by molar-refractivity contribution is 0.0730. The van der Waals surface area contributed by atoms with Crippen LogP contribution in [0.2, 0.25) is 0 Å². The Morgan fingerprint density at radius 2 is 1.77 bits per heavy atom. The number of benzene rings is 1. The topological polar surface area (TPSA) is 101 Å². The van der Waals surface area contributed by atoms with Crippen LogP contribution in [0.15, 0.2) is 72.0 Å². The van der Waals surface area contributed by atoms with Crippen molar-refractivity contribution in [2.24, 2.45) is 0 Å². The molecule has 1 N–H and O–H groups in total. The number of carbonyl (C=O) groups excluding carboxylic acids is 1. The lowest BCUT2D eigenvalue weighted by atomic mass is 10.1. The number of sulfonamides is 1. The molecule has 0 aliphatic carbocycles. The van der Waals surface area contributed by atoms with Crippen molar-refractivity contribution in [2.75, 3.05) is 26.3 Å². The van der Waals surface area contributed by atoms with Gasteiger partial charge in [0.1, 0.15) is 0 Å². The molecule has 1 aliphatic rings. The molecule has 1 amide bonds. The number of nitrogens with zero attached hydrogens (tertiary/aromatic N) is 3. The van der Waals surface area contributed by atoms with Crippen LogP contribution < -0.4 is 5.32 Å². The number of hydrogen-bond acceptors (Lipinski definition) is 6. The summed E-state index contributed by atoms with van der Waals surface area (Å²) < 4.78 is 32.0. The Kier molecular flexibility index (Phi) is 6.36. The molecule has 160 valence electrons. The zero-order chi connectivity index (χ0) is 21.7. The number of hydrogen-bond donors (Lipinski definition) is 1. The Balaban J connectivity index is 1.45. The van der Waals surface area contributed by atoms with Crippen molar-refractivity contribution in [3.05, 3.63) is 78.2 Å². The van der Waals surface area contributed by atoms with E-state index in [1.165, 1.54) is 28.6 Å². The summed E-state index contributed by atoms with van der Waals surface area (Å²) in [6.45, 7) is 1.71. The van der Waals surface area contributed by atoms with Gasteiger partial charge < -0.3 is 10.1 Å². The van der Waals surface area contributed by atoms with E-state index in [0.717, 1.165) is 16.8 Å². The zero-order valence-electron chi connectivity index (χ0n) is 16.8. The van der Waals surface area contributed by atoms with Gasteiger partial charge in [0.2, 0.25) is 10.0 Å². The Morgan fingerprint density at radius 1 is 1.03 bits per heavy atom. The summed E-state index contributed by atoms with van der Waals surface area (Å²) in [7, 11) is -3.59. The maximum absolute atomic E-state index is 12.7. The van der Waals surface area contributed by atoms with Crippen LogP contribution in [-0.4, -0.2) is 54.9 Å². The first-order valence-corrected chi connectivity index (χ1v) is 11.3. The van der Waals surface area contributed by atoms with Gasteiger partial charge in [-0.1, -0.05) is 6.07 Å². The van der Waals surface area contributed by atoms with Crippen LogP contribution in [0.3, 0.4) is 0 Å². The van der Waals surface area contributed by atoms with E-state index in [0.29, 0.717) is 31.9 Å². The lowest BCUT2D eigenvalue weighted by Gasteiger charge is -2.26. The van der Waals surface area contributed by atoms with Crippen molar-refractivity contribution in [3.8, 4) is 11.3 Å². The monoisotopic (exact) mass is 438 g/mol. The molecule has 3 aromatic rings. The summed E-state index contributed by atoms with van der Waals surface area (Å²) >= 11 is 0. The highest BCUT2D eigenvalue weighted by Crippen LogP contribution is 2.20. The third kappa shape index (κ3) is 4.79. The number of aromatic nitrogens is 2. The second-order valence-electron chi connectivity index (χ2n) is 6.98. The average molecular weight is 439 g/mol. The van der Waals surface area contributed by atoms with Gasteiger partial charge in [0.15, 0.2) is 0 Å². The first-order chi connectivity index (χ1) is 15.1. The van der Waals surface area contributed by atoms with Gasteiger partial charge in [0.25, 0.3) is 5.91 Å². The molecule has 1 saturated heterocycles. The molecule has 0 unspecified atom stereocenters. The Bertz CT molecular complexity index is 1150. The fourth-order valence-electron chi connectivity index (χ4n) is 3.34. The van der Waals surface area contributed by atoms with Crippen LogP contribution in [0.5, 0.6) is 0 Å². The highest BCUT2D eigenvalue weighted by molar-refractivity contribution is 7.89. The lowest BCUT2D eigenvalue weighted by Crippen LogP contribution is -2.40. The van der Waals surface area contributed by atoms with Gasteiger partial charge in [0, 0.05) is 49.4 Å². The van der Waals surface area contributed by atoms with Gasteiger partial charge in [-0.3, -0.25) is 14.8 Å². The van der Waals surface area contributed by atoms with Gasteiger partial charge in [-0.05, 0) is 48.0 Å². The maximum atomic E-state index is 12.7. The zero-order valence-corrected chi connectivity index (χ0v) is 17.6. The number of nitrogens with one attached hydrogen (secondary N) is 1. The molecule has 31 heavy (non-hydrogen) atoms. The number of ether oxygens (including phenoxy) is 1. The predicted molar refractivity (Wildman–Crippen MR) is 115 cm³/mol. The van der Waals surface area contributed by atoms with Crippen molar-refractivity contribution < 1.29 is 17.9 Å². The van der Waals surface area contributed by atoms with Crippen molar-refractivity contribution in [1.82, 2.24) is 19.6 Å². The van der Waals surface area contributed by atoms with Crippen molar-refractivity contribution in [1.29, 1.82) is 0 Å². The van der Waals surface area contributed by atoms with Gasteiger partial charge in [-0.15, -0.1) is 0 Å². The molecule has 1 aliphatic heterocycles. The largest absolute Gasteiger partial charge is 0.379 e. The van der Waals surface area contributed by atoms with E-state index in [-0.39, 0.29) is 17.3 Å². The SMILES string of the molecule is O=C(NCc1cccnc1-c1cccnc1)c1ccc(S(=O)(=O)N2CCOCC2)cc1. The number of pyridine rings is 2. The number of morpholine rings is 1. The predicted octanol–water partition coefficient (Wildman–Crippen LogP) is 2.09. The molecule has 3 heterocycles. The van der Waals surface area contributed by atoms with Gasteiger partial charge in [0.05, 0.1) is 23.8 Å². The van der Waals surface area contributed by atoms with Crippen LogP contribution in [0, 0.1) is 0 Å². The molecule has 0 bridgehead atoms. The van der Waals surface area contributed by atoms with Gasteiger partial charge in [-0.2, -0.15) is 4.31 Å². The summed E-state index contributed by atoms with van der Waals surface area (Å²) in [6.07, 6.45) is 5.11. The molecule has 0 atom stereocenters. The van der Waals surface area contributed by atoms with E-state index in [1.807, 2.05) is 24.3 Å². The van der Waals surface area contributed by atoms with E-state index >= 15 is 0 Å². The minimum atomic E-state index is -3.59. The number of amides is 1. The summed E-state index contributed by atoms with van der Waals surface area (Å²) in [5, 5.41) is 2.87. The molecule has 8 nitrogen and oxygen atoms in total. The van der Waals surface area contributed by atoms with Crippen LogP contribution in [0.25, 0.3) is 11.3 Å². The van der Waals surface area contributed by atoms with Crippen LogP contribution >= 0.6 is 0 Å². The van der Waals surface area contributed by atoms with E-state index in [4.69, 9.17) is 4.74 Å². The Hall–Kier alpha value is -3.14. The first kappa shape index (κ1) is 21.1. The maximum Gasteiger partial charge on any atom is 0.251 e. The standard InChI is InChI=1S/C22H22N4O4S/c27-22(25-16-19-4-2-10-24-21(19)18-3-1-9-23-15-18)17-5-7-20(8-6-17)31(28,29)26-11-13-30-14-12-26/h1-10,15H,11-14,16H2,(H,25,27). The van der Waals surface area contributed by atoms with E-state index in [1.54, 1.807) is 18.6 Å². The summed E-state index contributed by atoms with van der Waals surface area (Å²) in [5.74, 6) is -0.295. The second-order valence-corrected chi connectivity index (χ2v) is 8.91. The van der Waals surface area contributed by atoms with E-state index in [2.05, 4.69) is 15.3 Å². The average Bonchev–Trinajstić information content (AvgIpc) is 2.84. The normalized spacial score (nSPS) is 14.8. The summed E-state index contributed by atoms with van der Waals surface area (Å²) in [4.78, 5) is 21.3. The summed E-state index contributed by atoms with van der Waals surface area (Å²) in [5.41, 5.74) is 2.86. The van der Waals surface area contributed by atoms with E-state index in [9.17, 15) is 13.2 Å². The molecule has 0 spiro atoms. The molecular formula is C22H22N4O4S. The van der Waals surface area contributed by atoms with Crippen LogP contribution in [0.4, 0.5) is 0 Å². The number of carbonyl (C=O) groups is 1. The fraction of sp³-hybridized carbons (Fsp3) is 0.227. The third-order valence-corrected chi connectivity index (χ3v) is 6.90. The van der Waals surface area contributed by atoms with Crippen molar-refractivity contribution in [3.63, 3.8) is 0 Å². The molecule has 0 radical (unpaired) electrons. The molecule has 1 fully saturated rings. The minimum absolute atomic E-state index is 0.164. The summed E-state index contributed by atoms with van der Waals surface area (Å²) in [6, 6.07) is 13.4. The highest BCUT2D eigenvalue weighted by Gasteiger charge is 2.26. The molecule has 9 heteroatoms. The second kappa shape index (κ2) is 9.34. The third-order valence-electron chi connectivity index (χ3n) is 4.99. The Morgan fingerprint density at radius 3 is 2.48 bits per heavy atom. The minimum Gasteiger partial charge on any atom is -0.379 e. The molecule has 1 aromatic carbocycles. The smallest absolute Gasteiger partial charge is 0.251 e. The Labute approximate surface area is 181 Å².